The molecule has 1 amide bonds. The highest BCUT2D eigenvalue weighted by Gasteiger charge is 2.17. The minimum absolute atomic E-state index is 0.135. The van der Waals surface area contributed by atoms with Crippen molar-refractivity contribution in [3.8, 4) is 11.4 Å². The van der Waals surface area contributed by atoms with E-state index in [4.69, 9.17) is 0 Å². The number of carbonyl (C=O) groups is 1. The summed E-state index contributed by atoms with van der Waals surface area (Å²) >= 11 is 0. The first-order valence-corrected chi connectivity index (χ1v) is 10.7. The van der Waals surface area contributed by atoms with Crippen molar-refractivity contribution >= 4 is 32.7 Å². The number of aromatic nitrogens is 2. The molecular formula is C22H20N4O3S. The molecule has 152 valence electrons. The molecule has 0 atom stereocenters. The van der Waals surface area contributed by atoms with Gasteiger partial charge in [0.25, 0.3) is 5.91 Å². The van der Waals surface area contributed by atoms with Crippen LogP contribution in [-0.2, 0) is 10.0 Å². The van der Waals surface area contributed by atoms with Crippen molar-refractivity contribution in [1.29, 1.82) is 0 Å². The van der Waals surface area contributed by atoms with E-state index in [-0.39, 0.29) is 10.8 Å². The molecule has 4 rings (SSSR count). The van der Waals surface area contributed by atoms with E-state index >= 15 is 0 Å². The van der Waals surface area contributed by atoms with E-state index in [2.05, 4.69) is 15.3 Å². The Kier molecular flexibility index (Phi) is 5.11. The summed E-state index contributed by atoms with van der Waals surface area (Å²) in [6.07, 6.45) is 0. The number of anilines is 1. The normalized spacial score (nSPS) is 11.7. The standard InChI is InChI=1S/C22H20N4O3S/c1-26(2)30(28,29)18-12-10-15(11-13-18)22(27)23-17-7-5-6-16(14-17)21-24-19-8-3-4-9-20(19)25-21/h3-14H,1-2H3,(H,23,27)(H,24,25). The maximum absolute atomic E-state index is 12.6. The van der Waals surface area contributed by atoms with Crippen LogP contribution in [-0.4, -0.2) is 42.7 Å². The van der Waals surface area contributed by atoms with Gasteiger partial charge in [0.1, 0.15) is 5.82 Å². The highest BCUT2D eigenvalue weighted by molar-refractivity contribution is 7.89. The molecule has 0 bridgehead atoms. The molecule has 0 saturated carbocycles. The van der Waals surface area contributed by atoms with Crippen molar-refractivity contribution in [3.05, 3.63) is 78.4 Å². The van der Waals surface area contributed by atoms with Gasteiger partial charge in [-0.15, -0.1) is 0 Å². The van der Waals surface area contributed by atoms with Gasteiger partial charge in [0.2, 0.25) is 10.0 Å². The first-order valence-electron chi connectivity index (χ1n) is 9.24. The number of para-hydroxylation sites is 2. The predicted molar refractivity (Wildman–Crippen MR) is 117 cm³/mol. The Morgan fingerprint density at radius 3 is 2.40 bits per heavy atom. The van der Waals surface area contributed by atoms with Gasteiger partial charge in [-0.2, -0.15) is 0 Å². The zero-order valence-electron chi connectivity index (χ0n) is 16.5. The number of rotatable bonds is 5. The Balaban J connectivity index is 1.54. The van der Waals surface area contributed by atoms with Crippen molar-refractivity contribution in [2.24, 2.45) is 0 Å². The predicted octanol–water partition coefficient (Wildman–Crippen LogP) is 3.73. The molecule has 1 heterocycles. The van der Waals surface area contributed by atoms with Gasteiger partial charge in [-0.3, -0.25) is 4.79 Å². The minimum Gasteiger partial charge on any atom is -0.338 e. The summed E-state index contributed by atoms with van der Waals surface area (Å²) in [7, 11) is -0.608. The maximum Gasteiger partial charge on any atom is 0.255 e. The van der Waals surface area contributed by atoms with E-state index in [0.29, 0.717) is 17.1 Å². The van der Waals surface area contributed by atoms with Crippen LogP contribution < -0.4 is 5.32 Å². The van der Waals surface area contributed by atoms with Gasteiger partial charge in [0, 0.05) is 30.9 Å². The quantitative estimate of drug-likeness (QED) is 0.514. The average Bonchev–Trinajstić information content (AvgIpc) is 3.18. The number of hydrogen-bond donors (Lipinski definition) is 2. The summed E-state index contributed by atoms with van der Waals surface area (Å²) in [5, 5.41) is 2.84. The second kappa shape index (κ2) is 7.74. The SMILES string of the molecule is CN(C)S(=O)(=O)c1ccc(C(=O)Nc2cccc(-c3nc4ccccc4[nH]3)c2)cc1. The molecule has 30 heavy (non-hydrogen) atoms. The summed E-state index contributed by atoms with van der Waals surface area (Å²) in [5.74, 6) is 0.385. The number of benzene rings is 3. The highest BCUT2D eigenvalue weighted by Crippen LogP contribution is 2.23. The van der Waals surface area contributed by atoms with Crippen molar-refractivity contribution in [1.82, 2.24) is 14.3 Å². The van der Waals surface area contributed by atoms with Gasteiger partial charge in [-0.1, -0.05) is 24.3 Å². The third-order valence-electron chi connectivity index (χ3n) is 4.68. The molecule has 0 spiro atoms. The van der Waals surface area contributed by atoms with Gasteiger partial charge in [0.05, 0.1) is 15.9 Å². The smallest absolute Gasteiger partial charge is 0.255 e. The molecule has 2 N–H and O–H groups in total. The van der Waals surface area contributed by atoms with Crippen LogP contribution in [0.25, 0.3) is 22.4 Å². The Bertz CT molecular complexity index is 1290. The Morgan fingerprint density at radius 2 is 1.70 bits per heavy atom. The highest BCUT2D eigenvalue weighted by atomic mass is 32.2. The van der Waals surface area contributed by atoms with Crippen LogP contribution in [0.5, 0.6) is 0 Å². The zero-order valence-corrected chi connectivity index (χ0v) is 17.3. The van der Waals surface area contributed by atoms with E-state index in [9.17, 15) is 13.2 Å². The van der Waals surface area contributed by atoms with Crippen LogP contribution in [0.2, 0.25) is 0 Å². The van der Waals surface area contributed by atoms with Crippen molar-refractivity contribution in [3.63, 3.8) is 0 Å². The fourth-order valence-electron chi connectivity index (χ4n) is 3.03. The number of amides is 1. The number of imidazole rings is 1. The Hall–Kier alpha value is -3.49. The monoisotopic (exact) mass is 420 g/mol. The maximum atomic E-state index is 12.6. The zero-order chi connectivity index (χ0) is 21.3. The van der Waals surface area contributed by atoms with Gasteiger partial charge < -0.3 is 10.3 Å². The van der Waals surface area contributed by atoms with Crippen molar-refractivity contribution < 1.29 is 13.2 Å². The number of nitrogens with one attached hydrogen (secondary N) is 2. The molecule has 7 nitrogen and oxygen atoms in total. The summed E-state index contributed by atoms with van der Waals surface area (Å²) < 4.78 is 25.4. The number of nitrogens with zero attached hydrogens (tertiary/aromatic N) is 2. The summed E-state index contributed by atoms with van der Waals surface area (Å²) in [5.41, 5.74) is 3.63. The van der Waals surface area contributed by atoms with E-state index in [0.717, 1.165) is 20.9 Å². The number of fused-ring (bicyclic) bond motifs is 1. The third-order valence-corrected chi connectivity index (χ3v) is 6.51. The van der Waals surface area contributed by atoms with Crippen LogP contribution in [0.3, 0.4) is 0 Å². The summed E-state index contributed by atoms with van der Waals surface area (Å²) in [6, 6.07) is 21.0. The van der Waals surface area contributed by atoms with Gasteiger partial charge >= 0.3 is 0 Å². The summed E-state index contributed by atoms with van der Waals surface area (Å²) in [6.45, 7) is 0. The van der Waals surface area contributed by atoms with Crippen molar-refractivity contribution in [2.75, 3.05) is 19.4 Å². The van der Waals surface area contributed by atoms with E-state index < -0.39 is 10.0 Å². The Labute approximate surface area is 174 Å². The van der Waals surface area contributed by atoms with Crippen LogP contribution in [0.4, 0.5) is 5.69 Å². The van der Waals surface area contributed by atoms with Gasteiger partial charge in [-0.25, -0.2) is 17.7 Å². The number of sulfonamides is 1. The van der Waals surface area contributed by atoms with Crippen LogP contribution in [0, 0.1) is 0 Å². The molecule has 0 radical (unpaired) electrons. The lowest BCUT2D eigenvalue weighted by Crippen LogP contribution is -2.22. The van der Waals surface area contributed by atoms with Crippen LogP contribution >= 0.6 is 0 Å². The topological polar surface area (TPSA) is 95.2 Å². The minimum atomic E-state index is -3.53. The molecule has 4 aromatic rings. The fraction of sp³-hybridized carbons (Fsp3) is 0.0909. The first-order chi connectivity index (χ1) is 14.3. The van der Waals surface area contributed by atoms with E-state index in [1.54, 1.807) is 6.07 Å². The lowest BCUT2D eigenvalue weighted by Gasteiger charge is -2.12. The lowest BCUT2D eigenvalue weighted by molar-refractivity contribution is 0.102. The second-order valence-corrected chi connectivity index (χ2v) is 9.10. The Morgan fingerprint density at radius 1 is 0.967 bits per heavy atom. The molecule has 0 fully saturated rings. The fourth-order valence-corrected chi connectivity index (χ4v) is 3.93. The molecule has 8 heteroatoms. The first kappa shape index (κ1) is 19.8. The number of H-pyrrole nitrogens is 1. The van der Waals surface area contributed by atoms with E-state index in [1.807, 2.05) is 42.5 Å². The molecule has 0 saturated heterocycles. The second-order valence-electron chi connectivity index (χ2n) is 6.95. The number of aromatic amines is 1. The molecule has 0 aliphatic carbocycles. The molecular weight excluding hydrogens is 400 g/mol. The molecule has 0 unspecified atom stereocenters. The summed E-state index contributed by atoms with van der Waals surface area (Å²) in [4.78, 5) is 20.6. The number of hydrogen-bond acceptors (Lipinski definition) is 4. The van der Waals surface area contributed by atoms with Gasteiger partial charge in [0.15, 0.2) is 0 Å². The molecule has 0 aliphatic rings. The average molecular weight is 420 g/mol. The number of carbonyl (C=O) groups excluding carboxylic acids is 1. The van der Waals surface area contributed by atoms with Gasteiger partial charge in [-0.05, 0) is 48.5 Å². The molecule has 0 aliphatic heterocycles. The van der Waals surface area contributed by atoms with Crippen LogP contribution in [0.1, 0.15) is 10.4 Å². The van der Waals surface area contributed by atoms with Crippen LogP contribution in [0.15, 0.2) is 77.7 Å². The van der Waals surface area contributed by atoms with Crippen molar-refractivity contribution in [2.45, 2.75) is 4.90 Å². The third kappa shape index (κ3) is 3.83. The van der Waals surface area contributed by atoms with E-state index in [1.165, 1.54) is 38.4 Å². The largest absolute Gasteiger partial charge is 0.338 e. The molecule has 3 aromatic carbocycles. The lowest BCUT2D eigenvalue weighted by atomic mass is 10.1. The molecule has 1 aromatic heterocycles.